The maximum Gasteiger partial charge on any atom is 0.241 e. The molecule has 23 heavy (non-hydrogen) atoms. The molecule has 132 valence electrons. The molecule has 0 aromatic carbocycles. The Morgan fingerprint density at radius 3 is 2.43 bits per heavy atom. The van der Waals surface area contributed by atoms with Crippen molar-refractivity contribution in [1.29, 1.82) is 0 Å². The highest BCUT2D eigenvalue weighted by Crippen LogP contribution is 2.34. The SMILES string of the molecule is CC[C@H](C)[C@@H]1NC2(CCN(C(=S)NC(C)C)CC2)N(CC)C1=O. The number of piperidine rings is 1. The first kappa shape index (κ1) is 18.5. The van der Waals surface area contributed by atoms with Crippen LogP contribution >= 0.6 is 12.2 Å². The molecule has 0 aromatic heterocycles. The second-order valence-electron chi connectivity index (χ2n) is 7.21. The molecular formula is C17H32N4OS. The molecule has 2 N–H and O–H groups in total. The third kappa shape index (κ3) is 3.63. The van der Waals surface area contributed by atoms with Gasteiger partial charge in [-0.3, -0.25) is 10.1 Å². The average Bonchev–Trinajstić information content (AvgIpc) is 2.78. The molecule has 2 aliphatic rings. The number of amides is 1. The van der Waals surface area contributed by atoms with Gasteiger partial charge in [-0.25, -0.2) is 0 Å². The Labute approximate surface area is 146 Å². The van der Waals surface area contributed by atoms with Gasteiger partial charge in [-0.05, 0) is 38.9 Å². The van der Waals surface area contributed by atoms with E-state index in [2.05, 4.69) is 55.1 Å². The summed E-state index contributed by atoms with van der Waals surface area (Å²) in [5.41, 5.74) is -0.177. The molecule has 0 aromatic rings. The third-order valence-corrected chi connectivity index (χ3v) is 5.67. The Hall–Kier alpha value is -0.880. The largest absolute Gasteiger partial charge is 0.360 e. The number of carbonyl (C=O) groups excluding carboxylic acids is 1. The monoisotopic (exact) mass is 340 g/mol. The number of nitrogens with zero attached hydrogens (tertiary/aromatic N) is 2. The number of thiocarbonyl (C=S) groups is 1. The van der Waals surface area contributed by atoms with Crippen LogP contribution < -0.4 is 10.6 Å². The Morgan fingerprint density at radius 2 is 1.96 bits per heavy atom. The number of hydrogen-bond acceptors (Lipinski definition) is 3. The van der Waals surface area contributed by atoms with E-state index in [0.29, 0.717) is 12.0 Å². The fraction of sp³-hybridized carbons (Fsp3) is 0.882. The lowest BCUT2D eigenvalue weighted by Gasteiger charge is -2.45. The summed E-state index contributed by atoms with van der Waals surface area (Å²) in [5, 5.41) is 7.85. The summed E-state index contributed by atoms with van der Waals surface area (Å²) in [5.74, 6) is 0.649. The molecule has 1 amide bonds. The van der Waals surface area contributed by atoms with E-state index in [4.69, 9.17) is 12.2 Å². The van der Waals surface area contributed by atoms with Crippen LogP contribution in [-0.2, 0) is 4.79 Å². The van der Waals surface area contributed by atoms with Gasteiger partial charge in [0.25, 0.3) is 0 Å². The Kier molecular flexibility index (Phi) is 5.89. The van der Waals surface area contributed by atoms with E-state index in [1.54, 1.807) is 0 Å². The van der Waals surface area contributed by atoms with E-state index in [1.807, 2.05) is 0 Å². The zero-order valence-corrected chi connectivity index (χ0v) is 16.0. The molecule has 2 heterocycles. The van der Waals surface area contributed by atoms with Crippen molar-refractivity contribution < 1.29 is 4.79 Å². The lowest BCUT2D eigenvalue weighted by atomic mass is 9.95. The van der Waals surface area contributed by atoms with E-state index in [-0.39, 0.29) is 17.6 Å². The molecule has 0 aliphatic carbocycles. The quantitative estimate of drug-likeness (QED) is 0.766. The van der Waals surface area contributed by atoms with Gasteiger partial charge in [-0.1, -0.05) is 20.3 Å². The summed E-state index contributed by atoms with van der Waals surface area (Å²) in [7, 11) is 0. The molecule has 2 saturated heterocycles. The van der Waals surface area contributed by atoms with Gasteiger partial charge in [0.1, 0.15) is 0 Å². The topological polar surface area (TPSA) is 47.6 Å². The van der Waals surface area contributed by atoms with Gasteiger partial charge in [-0.15, -0.1) is 0 Å². The second kappa shape index (κ2) is 7.34. The van der Waals surface area contributed by atoms with E-state index >= 15 is 0 Å². The standard InChI is InChI=1S/C17H32N4OS/c1-6-13(5)14-15(22)21(7-2)17(19-14)8-10-20(11-9-17)16(23)18-12(3)4/h12-14,19H,6-11H2,1-5H3,(H,18,23)/t13-,14-/m0/s1. The van der Waals surface area contributed by atoms with E-state index in [1.165, 1.54) is 0 Å². The van der Waals surface area contributed by atoms with Gasteiger partial charge >= 0.3 is 0 Å². The maximum atomic E-state index is 12.8. The van der Waals surface area contributed by atoms with Gasteiger partial charge in [0.05, 0.1) is 11.7 Å². The second-order valence-corrected chi connectivity index (χ2v) is 7.60. The Bertz CT molecular complexity index is 446. The molecule has 2 aliphatic heterocycles. The molecule has 0 bridgehead atoms. The minimum Gasteiger partial charge on any atom is -0.360 e. The summed E-state index contributed by atoms with van der Waals surface area (Å²) in [4.78, 5) is 17.1. The van der Waals surface area contributed by atoms with Gasteiger partial charge in [-0.2, -0.15) is 0 Å². The summed E-state index contributed by atoms with van der Waals surface area (Å²) >= 11 is 5.49. The molecule has 0 unspecified atom stereocenters. The van der Waals surface area contributed by atoms with Gasteiger partial charge in [0.15, 0.2) is 5.11 Å². The number of carbonyl (C=O) groups is 1. The van der Waals surface area contributed by atoms with E-state index in [9.17, 15) is 4.79 Å². The maximum absolute atomic E-state index is 12.8. The van der Waals surface area contributed by atoms with Crippen LogP contribution in [0.25, 0.3) is 0 Å². The third-order valence-electron chi connectivity index (χ3n) is 5.29. The molecule has 2 fully saturated rings. The number of rotatable bonds is 4. The van der Waals surface area contributed by atoms with Crippen LogP contribution in [0.4, 0.5) is 0 Å². The van der Waals surface area contributed by atoms with Crippen LogP contribution in [0.3, 0.4) is 0 Å². The van der Waals surface area contributed by atoms with Gasteiger partial charge in [0, 0.05) is 38.5 Å². The van der Waals surface area contributed by atoms with Crippen molar-refractivity contribution in [3.8, 4) is 0 Å². The van der Waals surface area contributed by atoms with Crippen LogP contribution in [0.5, 0.6) is 0 Å². The van der Waals surface area contributed by atoms with Crippen LogP contribution in [0.1, 0.15) is 53.9 Å². The van der Waals surface area contributed by atoms with Crippen molar-refractivity contribution in [1.82, 2.24) is 20.4 Å². The molecule has 6 heteroatoms. The molecule has 5 nitrogen and oxygen atoms in total. The highest BCUT2D eigenvalue weighted by molar-refractivity contribution is 7.80. The fourth-order valence-corrected chi connectivity index (χ4v) is 4.14. The predicted octanol–water partition coefficient (Wildman–Crippen LogP) is 1.93. The van der Waals surface area contributed by atoms with Crippen LogP contribution in [0.2, 0.25) is 0 Å². The summed E-state index contributed by atoms with van der Waals surface area (Å²) < 4.78 is 0. The predicted molar refractivity (Wildman–Crippen MR) is 98.2 cm³/mol. The molecular weight excluding hydrogens is 308 g/mol. The first-order chi connectivity index (χ1) is 10.8. The van der Waals surface area contributed by atoms with Crippen molar-refractivity contribution in [3.63, 3.8) is 0 Å². The van der Waals surface area contributed by atoms with Gasteiger partial charge < -0.3 is 15.1 Å². The van der Waals surface area contributed by atoms with Crippen LogP contribution in [0.15, 0.2) is 0 Å². The van der Waals surface area contributed by atoms with Crippen molar-refractivity contribution in [2.45, 2.75) is 71.6 Å². The first-order valence-corrected chi connectivity index (χ1v) is 9.40. The number of likely N-dealkylation sites (N-methyl/N-ethyl adjacent to an activating group) is 1. The van der Waals surface area contributed by atoms with E-state index < -0.39 is 0 Å². The molecule has 2 rings (SSSR count). The molecule has 2 atom stereocenters. The number of likely N-dealkylation sites (tertiary alicyclic amines) is 1. The van der Waals surface area contributed by atoms with Gasteiger partial charge in [0.2, 0.25) is 5.91 Å². The van der Waals surface area contributed by atoms with Crippen LogP contribution in [-0.4, -0.2) is 58.2 Å². The Morgan fingerprint density at radius 1 is 1.35 bits per heavy atom. The highest BCUT2D eigenvalue weighted by atomic mass is 32.1. The molecule has 0 radical (unpaired) electrons. The zero-order valence-electron chi connectivity index (χ0n) is 15.2. The zero-order chi connectivity index (χ0) is 17.2. The first-order valence-electron chi connectivity index (χ1n) is 8.99. The molecule has 0 saturated carbocycles. The summed E-state index contributed by atoms with van der Waals surface area (Å²) in [6.07, 6.45) is 2.88. The van der Waals surface area contributed by atoms with Crippen molar-refractivity contribution in [2.75, 3.05) is 19.6 Å². The summed E-state index contributed by atoms with van der Waals surface area (Å²) in [6, 6.07) is 0.318. The van der Waals surface area contributed by atoms with E-state index in [0.717, 1.165) is 44.0 Å². The average molecular weight is 341 g/mol. The summed E-state index contributed by atoms with van der Waals surface area (Å²) in [6.45, 7) is 13.2. The number of hydrogen-bond donors (Lipinski definition) is 2. The van der Waals surface area contributed by atoms with Crippen molar-refractivity contribution in [2.24, 2.45) is 5.92 Å². The van der Waals surface area contributed by atoms with Crippen molar-refractivity contribution >= 4 is 23.2 Å². The molecule has 1 spiro atoms. The fourth-order valence-electron chi connectivity index (χ4n) is 3.72. The highest BCUT2D eigenvalue weighted by Gasteiger charge is 2.51. The number of nitrogens with one attached hydrogen (secondary N) is 2. The smallest absolute Gasteiger partial charge is 0.241 e. The Balaban J connectivity index is 2.06. The lowest BCUT2D eigenvalue weighted by Crippen LogP contribution is -2.60. The normalized spacial score (nSPS) is 25.3. The minimum atomic E-state index is -0.177. The lowest BCUT2D eigenvalue weighted by molar-refractivity contribution is -0.133. The van der Waals surface area contributed by atoms with Crippen LogP contribution in [0, 0.1) is 5.92 Å². The van der Waals surface area contributed by atoms with Crippen molar-refractivity contribution in [3.05, 3.63) is 0 Å². The minimum absolute atomic E-state index is 0.0350.